The molecule has 0 radical (unpaired) electrons. The van der Waals surface area contributed by atoms with Crippen LogP contribution in [0.15, 0.2) is 42.6 Å². The van der Waals surface area contributed by atoms with Crippen LogP contribution in [0.25, 0.3) is 10.9 Å². The molecule has 2 aromatic carbocycles. The molecule has 0 spiro atoms. The van der Waals surface area contributed by atoms with Gasteiger partial charge in [0.05, 0.1) is 13.7 Å². The van der Waals surface area contributed by atoms with E-state index in [-0.39, 0.29) is 11.8 Å². The fraction of sp³-hybridized carbons (Fsp3) is 0.400. The molecule has 2 heterocycles. The Kier molecular flexibility index (Phi) is 6.83. The third-order valence-electron chi connectivity index (χ3n) is 5.88. The van der Waals surface area contributed by atoms with Gasteiger partial charge in [0.15, 0.2) is 11.5 Å². The predicted octanol–water partition coefficient (Wildman–Crippen LogP) is 5.72. The number of ether oxygens (including phenoxy) is 2. The van der Waals surface area contributed by atoms with Crippen LogP contribution in [-0.2, 0) is 6.54 Å². The number of aromatic nitrogens is 1. The lowest BCUT2D eigenvalue weighted by Crippen LogP contribution is -2.49. The minimum atomic E-state index is -0.295. The van der Waals surface area contributed by atoms with Crippen LogP contribution in [0.3, 0.4) is 0 Å². The Balaban J connectivity index is 1.53. The van der Waals surface area contributed by atoms with E-state index in [1.54, 1.807) is 16.9 Å². The summed E-state index contributed by atoms with van der Waals surface area (Å²) in [6, 6.07) is 11.1. The Morgan fingerprint density at radius 2 is 2.00 bits per heavy atom. The summed E-state index contributed by atoms with van der Waals surface area (Å²) in [6.07, 6.45) is 5.39. The quantitative estimate of drug-likeness (QED) is 0.434. The van der Waals surface area contributed by atoms with Crippen molar-refractivity contribution >= 4 is 22.6 Å². The van der Waals surface area contributed by atoms with Crippen LogP contribution in [0.5, 0.6) is 11.5 Å². The maximum atomic E-state index is 14.3. The highest BCUT2D eigenvalue weighted by molar-refractivity contribution is 5.93. The third kappa shape index (κ3) is 4.52. The van der Waals surface area contributed by atoms with E-state index in [2.05, 4.69) is 11.9 Å². The predicted molar refractivity (Wildman–Crippen MR) is 124 cm³/mol. The minimum Gasteiger partial charge on any atom is -0.493 e. The average molecular weight is 440 g/mol. The summed E-state index contributed by atoms with van der Waals surface area (Å²) < 4.78 is 25.7. The Bertz CT molecular complexity index is 1080. The van der Waals surface area contributed by atoms with Gasteiger partial charge in [0.1, 0.15) is 5.82 Å². The molecule has 6 nitrogen and oxygen atoms in total. The van der Waals surface area contributed by atoms with Crippen molar-refractivity contribution < 1.29 is 18.7 Å². The number of halogens is 1. The number of aromatic amines is 1. The van der Waals surface area contributed by atoms with E-state index in [1.165, 1.54) is 6.20 Å². The van der Waals surface area contributed by atoms with E-state index in [0.29, 0.717) is 43.1 Å². The first-order valence-electron chi connectivity index (χ1n) is 11.2. The van der Waals surface area contributed by atoms with Crippen molar-refractivity contribution in [3.8, 4) is 11.5 Å². The number of nitrogens with zero attached hydrogens (tertiary/aromatic N) is 2. The monoisotopic (exact) mass is 439 g/mol. The van der Waals surface area contributed by atoms with E-state index >= 15 is 0 Å². The number of hydrogen-bond acceptors (Lipinski definition) is 3. The van der Waals surface area contributed by atoms with Crippen LogP contribution < -0.4 is 14.4 Å². The Labute approximate surface area is 187 Å². The molecule has 32 heavy (non-hydrogen) atoms. The molecule has 1 aliphatic heterocycles. The summed E-state index contributed by atoms with van der Waals surface area (Å²) in [6.45, 7) is 4.38. The van der Waals surface area contributed by atoms with E-state index in [1.807, 2.05) is 36.4 Å². The summed E-state index contributed by atoms with van der Waals surface area (Å²) >= 11 is 0. The lowest BCUT2D eigenvalue weighted by atomic mass is 10.1. The highest BCUT2D eigenvalue weighted by Crippen LogP contribution is 2.34. The van der Waals surface area contributed by atoms with E-state index in [9.17, 15) is 9.18 Å². The molecule has 1 N–H and O–H groups in total. The third-order valence-corrected chi connectivity index (χ3v) is 5.88. The summed E-state index contributed by atoms with van der Waals surface area (Å²) in [5.41, 5.74) is 2.31. The van der Waals surface area contributed by atoms with Gasteiger partial charge in [0.2, 0.25) is 0 Å². The van der Waals surface area contributed by atoms with E-state index in [4.69, 9.17) is 9.47 Å². The number of nitrogens with one attached hydrogen (secondary N) is 1. The molecule has 0 saturated carbocycles. The van der Waals surface area contributed by atoms with Crippen LogP contribution in [0.1, 0.15) is 38.2 Å². The molecule has 0 aliphatic carbocycles. The molecule has 4 rings (SSSR count). The highest BCUT2D eigenvalue weighted by atomic mass is 19.1. The van der Waals surface area contributed by atoms with Gasteiger partial charge >= 0.3 is 6.03 Å². The van der Waals surface area contributed by atoms with Crippen LogP contribution in [0, 0.1) is 5.82 Å². The normalized spacial score (nSPS) is 14.3. The SMILES string of the molecule is CCCCCOc1cc(N2CCCN(Cc3cccc4[nH]cc(F)c34)C2=O)ccc1OC. The van der Waals surface area contributed by atoms with Gasteiger partial charge in [0, 0.05) is 48.5 Å². The summed E-state index contributed by atoms with van der Waals surface area (Å²) in [4.78, 5) is 19.8. The van der Waals surface area contributed by atoms with Gasteiger partial charge in [0.25, 0.3) is 0 Å². The molecule has 1 fully saturated rings. The molecule has 1 aromatic heterocycles. The number of carbonyl (C=O) groups is 1. The minimum absolute atomic E-state index is 0.0914. The molecular weight excluding hydrogens is 409 g/mol. The molecule has 0 unspecified atom stereocenters. The number of carbonyl (C=O) groups excluding carboxylic acids is 1. The van der Waals surface area contributed by atoms with E-state index < -0.39 is 0 Å². The first kappa shape index (κ1) is 22.0. The molecule has 1 saturated heterocycles. The van der Waals surface area contributed by atoms with Crippen molar-refractivity contribution in [2.45, 2.75) is 39.2 Å². The number of rotatable bonds is 9. The number of fused-ring (bicyclic) bond motifs is 1. The Morgan fingerprint density at radius 3 is 2.81 bits per heavy atom. The number of urea groups is 1. The maximum absolute atomic E-state index is 14.3. The van der Waals surface area contributed by atoms with Crippen molar-refractivity contribution in [3.63, 3.8) is 0 Å². The van der Waals surface area contributed by atoms with Crippen LogP contribution in [0.4, 0.5) is 14.9 Å². The summed E-state index contributed by atoms with van der Waals surface area (Å²) in [7, 11) is 1.61. The second kappa shape index (κ2) is 9.94. The van der Waals surface area contributed by atoms with Gasteiger partial charge in [-0.1, -0.05) is 31.9 Å². The van der Waals surface area contributed by atoms with Crippen LogP contribution >= 0.6 is 0 Å². The first-order valence-corrected chi connectivity index (χ1v) is 11.2. The molecule has 0 bridgehead atoms. The number of benzene rings is 2. The number of anilines is 1. The van der Waals surface area contributed by atoms with Crippen molar-refractivity contribution in [3.05, 3.63) is 54.0 Å². The number of methoxy groups -OCH3 is 1. The van der Waals surface area contributed by atoms with Crippen LogP contribution in [-0.4, -0.2) is 42.7 Å². The van der Waals surface area contributed by atoms with E-state index in [0.717, 1.165) is 42.5 Å². The van der Waals surface area contributed by atoms with Crippen molar-refractivity contribution in [1.29, 1.82) is 0 Å². The van der Waals surface area contributed by atoms with Crippen molar-refractivity contribution in [2.75, 3.05) is 31.7 Å². The second-order valence-corrected chi connectivity index (χ2v) is 8.08. The molecular formula is C25H30FN3O3. The Morgan fingerprint density at radius 1 is 1.12 bits per heavy atom. The largest absolute Gasteiger partial charge is 0.493 e. The highest BCUT2D eigenvalue weighted by Gasteiger charge is 2.28. The molecule has 2 amide bonds. The molecule has 0 atom stereocenters. The van der Waals surface area contributed by atoms with Gasteiger partial charge in [-0.15, -0.1) is 0 Å². The molecule has 1 aliphatic rings. The summed E-state index contributed by atoms with van der Waals surface area (Å²) in [5.74, 6) is 1.00. The maximum Gasteiger partial charge on any atom is 0.324 e. The average Bonchev–Trinajstić information content (AvgIpc) is 3.20. The van der Waals surface area contributed by atoms with Gasteiger partial charge in [-0.05, 0) is 36.6 Å². The van der Waals surface area contributed by atoms with Gasteiger partial charge in [-0.2, -0.15) is 0 Å². The zero-order valence-electron chi connectivity index (χ0n) is 18.7. The lowest BCUT2D eigenvalue weighted by Gasteiger charge is -2.36. The fourth-order valence-electron chi connectivity index (χ4n) is 4.20. The number of H-pyrrole nitrogens is 1. The topological polar surface area (TPSA) is 57.8 Å². The standard InChI is InChI=1S/C25H30FN3O3/c1-3-4-5-14-32-23-15-19(10-11-22(23)31-2)29-13-7-12-28(25(29)30)17-18-8-6-9-21-24(18)20(26)16-27-21/h6,8-11,15-16,27H,3-5,7,12-14,17H2,1-2H3. The first-order chi connectivity index (χ1) is 15.6. The zero-order chi connectivity index (χ0) is 22.5. The summed E-state index contributed by atoms with van der Waals surface area (Å²) in [5, 5.41) is 0.546. The second-order valence-electron chi connectivity index (χ2n) is 8.08. The van der Waals surface area contributed by atoms with Crippen molar-refractivity contribution in [1.82, 2.24) is 9.88 Å². The number of amides is 2. The fourth-order valence-corrected chi connectivity index (χ4v) is 4.20. The van der Waals surface area contributed by atoms with Gasteiger partial charge < -0.3 is 19.4 Å². The molecule has 7 heteroatoms. The van der Waals surface area contributed by atoms with Crippen molar-refractivity contribution in [2.24, 2.45) is 0 Å². The smallest absolute Gasteiger partial charge is 0.324 e. The van der Waals surface area contributed by atoms with Crippen LogP contribution in [0.2, 0.25) is 0 Å². The lowest BCUT2D eigenvalue weighted by molar-refractivity contribution is 0.192. The molecule has 170 valence electrons. The number of hydrogen-bond donors (Lipinski definition) is 1. The zero-order valence-corrected chi connectivity index (χ0v) is 18.7. The Hall–Kier alpha value is -3.22. The molecule has 3 aromatic rings. The number of unbranched alkanes of at least 4 members (excludes halogenated alkanes) is 2. The van der Waals surface area contributed by atoms with Gasteiger partial charge in [-0.25, -0.2) is 9.18 Å². The van der Waals surface area contributed by atoms with Gasteiger partial charge in [-0.3, -0.25) is 4.90 Å².